The van der Waals surface area contributed by atoms with Crippen LogP contribution >= 0.6 is 0 Å². The first-order chi connectivity index (χ1) is 20.4. The van der Waals surface area contributed by atoms with Crippen molar-refractivity contribution in [1.82, 2.24) is 4.57 Å². The van der Waals surface area contributed by atoms with Gasteiger partial charge in [0.25, 0.3) is 0 Å². The standard InChI is InChI=1S/C41H35N/c1-28-13-12-16-31(30-14-6-5-7-15-30)22-24-32(23-21-29(2)25-28)42-39-20-11-9-18-34(39)36-26-35-33-17-8-10-19-37(33)41(3,4)38(35)27-40(36)42/h5-24,26-27H,1,25H2,2-4H3/b13-12-,24-22+,29-21+,31-16+,32-23+. The molecule has 1 aromatic heterocycles. The summed E-state index contributed by atoms with van der Waals surface area (Å²) in [7, 11) is 0. The maximum Gasteiger partial charge on any atom is 0.0544 e. The van der Waals surface area contributed by atoms with Crippen LogP contribution in [0.15, 0.2) is 151 Å². The van der Waals surface area contributed by atoms with E-state index in [2.05, 4.69) is 165 Å². The molecule has 0 atom stereocenters. The predicted octanol–water partition coefficient (Wildman–Crippen LogP) is 11.0. The Balaban J connectivity index is 1.50. The normalized spacial score (nSPS) is 21.6. The molecule has 1 nitrogen and oxygen atoms in total. The predicted molar refractivity (Wildman–Crippen MR) is 181 cm³/mol. The molecule has 5 aromatic rings. The molecule has 0 unspecified atom stereocenters. The summed E-state index contributed by atoms with van der Waals surface area (Å²) in [4.78, 5) is 0. The molecule has 0 fully saturated rings. The molecule has 42 heavy (non-hydrogen) atoms. The van der Waals surface area contributed by atoms with Gasteiger partial charge in [-0.1, -0.05) is 135 Å². The van der Waals surface area contributed by atoms with Crippen molar-refractivity contribution in [2.75, 3.05) is 0 Å². The van der Waals surface area contributed by atoms with E-state index in [-0.39, 0.29) is 5.41 Å². The Morgan fingerprint density at radius 1 is 0.667 bits per heavy atom. The number of rotatable bonds is 2. The molecule has 4 aromatic carbocycles. The molecular weight excluding hydrogens is 506 g/mol. The smallest absolute Gasteiger partial charge is 0.0544 e. The van der Waals surface area contributed by atoms with Crippen molar-refractivity contribution in [3.63, 3.8) is 0 Å². The zero-order valence-corrected chi connectivity index (χ0v) is 24.6. The minimum Gasteiger partial charge on any atom is -0.309 e. The van der Waals surface area contributed by atoms with Gasteiger partial charge in [-0.3, -0.25) is 0 Å². The summed E-state index contributed by atoms with van der Waals surface area (Å²) >= 11 is 0. The van der Waals surface area contributed by atoms with Gasteiger partial charge in [0.05, 0.1) is 11.0 Å². The second kappa shape index (κ2) is 10.2. The molecule has 204 valence electrons. The highest BCUT2D eigenvalue weighted by molar-refractivity contribution is 6.12. The third kappa shape index (κ3) is 4.33. The molecule has 0 radical (unpaired) electrons. The lowest BCUT2D eigenvalue weighted by atomic mass is 9.82. The van der Waals surface area contributed by atoms with Crippen molar-refractivity contribution in [2.45, 2.75) is 32.6 Å². The van der Waals surface area contributed by atoms with Crippen LogP contribution in [0, 0.1) is 0 Å². The van der Waals surface area contributed by atoms with Gasteiger partial charge >= 0.3 is 0 Å². The number of hydrogen-bond acceptors (Lipinski definition) is 0. The van der Waals surface area contributed by atoms with E-state index in [1.807, 2.05) is 0 Å². The van der Waals surface area contributed by atoms with Crippen molar-refractivity contribution in [1.29, 1.82) is 0 Å². The first-order valence-electron chi connectivity index (χ1n) is 14.8. The van der Waals surface area contributed by atoms with Crippen LogP contribution in [0.25, 0.3) is 44.2 Å². The highest BCUT2D eigenvalue weighted by atomic mass is 15.0. The summed E-state index contributed by atoms with van der Waals surface area (Å²) in [6.07, 6.45) is 16.3. The van der Waals surface area contributed by atoms with Gasteiger partial charge in [-0.15, -0.1) is 0 Å². The van der Waals surface area contributed by atoms with Gasteiger partial charge in [0.2, 0.25) is 0 Å². The Bertz CT molecular complexity index is 2030. The first kappa shape index (κ1) is 26.0. The fourth-order valence-corrected chi connectivity index (χ4v) is 6.69. The van der Waals surface area contributed by atoms with E-state index in [9.17, 15) is 0 Å². The van der Waals surface area contributed by atoms with E-state index in [0.29, 0.717) is 0 Å². The minimum atomic E-state index is -0.0650. The molecule has 0 N–H and O–H groups in total. The number of aromatic nitrogens is 1. The molecule has 0 saturated carbocycles. The largest absolute Gasteiger partial charge is 0.309 e. The zero-order valence-electron chi connectivity index (χ0n) is 24.6. The van der Waals surface area contributed by atoms with Gasteiger partial charge in [0, 0.05) is 21.9 Å². The minimum absolute atomic E-state index is 0.0650. The third-order valence-electron chi connectivity index (χ3n) is 8.83. The maximum atomic E-state index is 4.30. The van der Waals surface area contributed by atoms with Crippen molar-refractivity contribution >= 4 is 33.1 Å². The van der Waals surface area contributed by atoms with Gasteiger partial charge in [-0.25, -0.2) is 0 Å². The van der Waals surface area contributed by atoms with Gasteiger partial charge in [0.1, 0.15) is 0 Å². The molecular formula is C41H35N. The van der Waals surface area contributed by atoms with E-state index in [1.54, 1.807) is 0 Å². The van der Waals surface area contributed by atoms with Crippen LogP contribution in [0.2, 0.25) is 0 Å². The SMILES string of the molecule is C=C1\C=C/C=C(c2ccccc2)\C=C\C(n2c3ccccc3c3cc4c(cc32)C(C)(C)c2ccccc2-4)=C/C=C(\C)C1. The molecule has 7 rings (SSSR count). The van der Waals surface area contributed by atoms with Crippen LogP contribution in [0.4, 0.5) is 0 Å². The van der Waals surface area contributed by atoms with Crippen LogP contribution in [0.3, 0.4) is 0 Å². The van der Waals surface area contributed by atoms with Crippen LogP contribution in [-0.4, -0.2) is 4.57 Å². The molecule has 1 heteroatoms. The Kier molecular flexibility index (Phi) is 6.32. The fourth-order valence-electron chi connectivity index (χ4n) is 6.69. The van der Waals surface area contributed by atoms with Crippen LogP contribution in [0.1, 0.15) is 43.9 Å². The van der Waals surface area contributed by atoms with Crippen LogP contribution in [-0.2, 0) is 5.41 Å². The maximum absolute atomic E-state index is 4.30. The molecule has 0 saturated heterocycles. The highest BCUT2D eigenvalue weighted by Gasteiger charge is 2.36. The highest BCUT2D eigenvalue weighted by Crippen LogP contribution is 2.51. The van der Waals surface area contributed by atoms with E-state index >= 15 is 0 Å². The average molecular weight is 542 g/mol. The monoisotopic (exact) mass is 541 g/mol. The van der Waals surface area contributed by atoms with Crippen molar-refractivity contribution in [2.24, 2.45) is 0 Å². The van der Waals surface area contributed by atoms with E-state index in [0.717, 1.165) is 23.3 Å². The van der Waals surface area contributed by atoms with Gasteiger partial charge < -0.3 is 4.57 Å². The molecule has 2 aliphatic rings. The molecule has 0 bridgehead atoms. The van der Waals surface area contributed by atoms with E-state index < -0.39 is 0 Å². The van der Waals surface area contributed by atoms with Crippen molar-refractivity contribution in [3.05, 3.63) is 168 Å². The van der Waals surface area contributed by atoms with Crippen molar-refractivity contribution in [3.8, 4) is 11.1 Å². The van der Waals surface area contributed by atoms with Gasteiger partial charge in [-0.2, -0.15) is 0 Å². The molecule has 0 amide bonds. The molecule has 1 heterocycles. The summed E-state index contributed by atoms with van der Waals surface area (Å²) in [5.41, 5.74) is 13.7. The summed E-state index contributed by atoms with van der Waals surface area (Å²) in [5, 5.41) is 2.56. The first-order valence-corrected chi connectivity index (χ1v) is 14.8. The topological polar surface area (TPSA) is 4.93 Å². The fraction of sp³-hybridized carbons (Fsp3) is 0.122. The van der Waals surface area contributed by atoms with Crippen molar-refractivity contribution < 1.29 is 0 Å². The summed E-state index contributed by atoms with van der Waals surface area (Å²) in [5.74, 6) is 0. The third-order valence-corrected chi connectivity index (χ3v) is 8.83. The average Bonchev–Trinajstić information content (AvgIpc) is 3.43. The van der Waals surface area contributed by atoms with Gasteiger partial charge in [-0.05, 0) is 77.1 Å². The number of benzene rings is 4. The lowest BCUT2D eigenvalue weighted by Crippen LogP contribution is -2.15. The van der Waals surface area contributed by atoms with E-state index in [1.165, 1.54) is 55.2 Å². The lowest BCUT2D eigenvalue weighted by molar-refractivity contribution is 0.661. The lowest BCUT2D eigenvalue weighted by Gasteiger charge is -2.21. The molecule has 0 spiro atoms. The van der Waals surface area contributed by atoms with Crippen LogP contribution in [0.5, 0.6) is 0 Å². The number of para-hydroxylation sites is 1. The molecule has 2 aliphatic carbocycles. The second-order valence-corrected chi connectivity index (χ2v) is 12.1. The summed E-state index contributed by atoms with van der Waals surface area (Å²) < 4.78 is 2.45. The number of hydrogen-bond donors (Lipinski definition) is 0. The van der Waals surface area contributed by atoms with Gasteiger partial charge in [0.15, 0.2) is 0 Å². The number of fused-ring (bicyclic) bond motifs is 6. The zero-order chi connectivity index (χ0) is 28.8. The summed E-state index contributed by atoms with van der Waals surface area (Å²) in [6.45, 7) is 11.2. The Hall–Kier alpha value is -4.88. The Morgan fingerprint density at radius 3 is 2.29 bits per heavy atom. The number of allylic oxidation sites excluding steroid dienone is 11. The van der Waals surface area contributed by atoms with Crippen LogP contribution < -0.4 is 0 Å². The quantitative estimate of drug-likeness (QED) is 0.209. The Labute approximate surface area is 248 Å². The second-order valence-electron chi connectivity index (χ2n) is 12.1. The summed E-state index contributed by atoms with van der Waals surface area (Å²) in [6, 6.07) is 33.2. The van der Waals surface area contributed by atoms with E-state index in [4.69, 9.17) is 0 Å². The molecule has 0 aliphatic heterocycles. The Morgan fingerprint density at radius 2 is 1.43 bits per heavy atom. The number of nitrogens with zero attached hydrogens (tertiary/aromatic N) is 1.